The van der Waals surface area contributed by atoms with E-state index in [-0.39, 0.29) is 21.9 Å². The van der Waals surface area contributed by atoms with Crippen LogP contribution in [0.4, 0.5) is 5.69 Å². The molecule has 2 heterocycles. The van der Waals surface area contributed by atoms with Crippen molar-refractivity contribution in [2.45, 2.75) is 16.2 Å². The molecule has 0 fully saturated rings. The predicted molar refractivity (Wildman–Crippen MR) is 137 cm³/mol. The molecule has 0 spiro atoms. The van der Waals surface area contributed by atoms with Gasteiger partial charge in [-0.3, -0.25) is 9.59 Å². The second-order valence-electron chi connectivity index (χ2n) is 7.71. The van der Waals surface area contributed by atoms with Crippen molar-refractivity contribution in [3.8, 4) is 0 Å². The van der Waals surface area contributed by atoms with Crippen LogP contribution in [-0.4, -0.2) is 10.9 Å². The monoisotopic (exact) mass is 512 g/mol. The Morgan fingerprint density at radius 2 is 1.48 bits per heavy atom. The molecule has 1 amide bonds. The van der Waals surface area contributed by atoms with Crippen LogP contribution in [0.5, 0.6) is 0 Å². The van der Waals surface area contributed by atoms with Crippen molar-refractivity contribution in [3.05, 3.63) is 115 Å². The summed E-state index contributed by atoms with van der Waals surface area (Å²) in [6, 6.07) is 24.5. The molecule has 0 bridgehead atoms. The largest absolute Gasteiger partial charge is 0.326 e. The summed E-state index contributed by atoms with van der Waals surface area (Å²) in [5.74, 6) is -0.890. The number of hydrogen-bond acceptors (Lipinski definition) is 4. The van der Waals surface area contributed by atoms with Crippen molar-refractivity contribution in [1.82, 2.24) is 4.98 Å². The molecule has 4 nitrogen and oxygen atoms in total. The molecule has 5 rings (SSSR count). The number of benzene rings is 3. The number of H-pyrrole nitrogens is 1. The summed E-state index contributed by atoms with van der Waals surface area (Å²) >= 11 is 14.9. The number of aromatic amines is 1. The van der Waals surface area contributed by atoms with Crippen LogP contribution >= 0.6 is 46.3 Å². The van der Waals surface area contributed by atoms with Gasteiger partial charge in [0.2, 0.25) is 5.91 Å². The van der Waals surface area contributed by atoms with Crippen molar-refractivity contribution in [2.24, 2.45) is 5.92 Å². The van der Waals surface area contributed by atoms with Crippen LogP contribution in [-0.2, 0) is 4.79 Å². The van der Waals surface area contributed by atoms with Crippen LogP contribution in [0.2, 0.25) is 10.0 Å². The van der Waals surface area contributed by atoms with E-state index in [0.717, 1.165) is 32.4 Å². The molecule has 1 aliphatic rings. The number of carbonyl (C=O) groups is 1. The number of rotatable bonds is 4. The number of fused-ring (bicyclic) bond motifs is 1. The van der Waals surface area contributed by atoms with Crippen LogP contribution in [0, 0.1) is 5.92 Å². The SMILES string of the molecule is O=C(Nc1ccc(Cl)cc1)[C@@H]1[C@@H](c2ccc(Cl)cc2)c2sc(=O)[nH]c2S[C@H]1c1ccccc1. The highest BCUT2D eigenvalue weighted by atomic mass is 35.5. The Morgan fingerprint density at radius 1 is 0.848 bits per heavy atom. The fourth-order valence-electron chi connectivity index (χ4n) is 4.15. The van der Waals surface area contributed by atoms with Gasteiger partial charge in [-0.05, 0) is 47.5 Å². The molecule has 0 unspecified atom stereocenters. The smallest absolute Gasteiger partial charge is 0.305 e. The fourth-order valence-corrected chi connectivity index (χ4v) is 7.01. The van der Waals surface area contributed by atoms with E-state index < -0.39 is 5.92 Å². The maximum absolute atomic E-state index is 13.8. The first-order valence-electron chi connectivity index (χ1n) is 10.3. The molecule has 0 saturated carbocycles. The van der Waals surface area contributed by atoms with Crippen molar-refractivity contribution in [1.29, 1.82) is 0 Å². The molecule has 3 aromatic carbocycles. The Labute approximate surface area is 209 Å². The molecule has 0 aliphatic carbocycles. The summed E-state index contributed by atoms with van der Waals surface area (Å²) in [6.07, 6.45) is 0. The number of anilines is 1. The lowest BCUT2D eigenvalue weighted by atomic mass is 9.79. The van der Waals surface area contributed by atoms with E-state index in [0.29, 0.717) is 15.7 Å². The molecule has 8 heteroatoms. The zero-order valence-corrected chi connectivity index (χ0v) is 20.3. The van der Waals surface area contributed by atoms with Gasteiger partial charge in [0.05, 0.1) is 10.9 Å². The van der Waals surface area contributed by atoms with E-state index in [9.17, 15) is 9.59 Å². The van der Waals surface area contributed by atoms with E-state index in [1.165, 1.54) is 11.8 Å². The Morgan fingerprint density at radius 3 is 2.15 bits per heavy atom. The van der Waals surface area contributed by atoms with E-state index in [4.69, 9.17) is 23.2 Å². The van der Waals surface area contributed by atoms with Gasteiger partial charge >= 0.3 is 4.87 Å². The molecular formula is C25H18Cl2N2O2S2. The normalized spacial score (nSPS) is 19.6. The molecular weight excluding hydrogens is 495 g/mol. The quantitative estimate of drug-likeness (QED) is 0.310. The third-order valence-electron chi connectivity index (χ3n) is 5.63. The molecule has 1 aromatic heterocycles. The van der Waals surface area contributed by atoms with Gasteiger partial charge in [0.15, 0.2) is 0 Å². The highest BCUT2D eigenvalue weighted by molar-refractivity contribution is 7.99. The van der Waals surface area contributed by atoms with Gasteiger partial charge in [0, 0.05) is 31.8 Å². The van der Waals surface area contributed by atoms with E-state index in [2.05, 4.69) is 10.3 Å². The summed E-state index contributed by atoms with van der Waals surface area (Å²) in [5, 5.41) is 4.90. The number of carbonyl (C=O) groups excluding carboxylic acids is 1. The molecule has 0 saturated heterocycles. The van der Waals surface area contributed by atoms with Gasteiger partial charge in [-0.1, -0.05) is 88.8 Å². The van der Waals surface area contributed by atoms with E-state index in [1.807, 2.05) is 54.6 Å². The number of halogens is 2. The zero-order chi connectivity index (χ0) is 22.9. The Bertz CT molecular complexity index is 1340. The first kappa shape index (κ1) is 22.3. The standard InChI is InChI=1S/C25H18Cl2N2O2S2/c26-16-8-6-14(7-9-16)19-20(23(30)28-18-12-10-17(27)11-13-18)21(15-4-2-1-3-5-15)32-24-22(19)33-25(31)29-24/h1-13,19-21H,(H,28,30)(H,29,31)/t19-,20-,21+/m1/s1. The van der Waals surface area contributed by atoms with Crippen LogP contribution in [0.15, 0.2) is 88.7 Å². The number of aromatic nitrogens is 1. The second kappa shape index (κ2) is 9.39. The maximum Gasteiger partial charge on any atom is 0.305 e. The van der Waals surface area contributed by atoms with Gasteiger partial charge in [0.25, 0.3) is 0 Å². The molecule has 4 aromatic rings. The van der Waals surface area contributed by atoms with Gasteiger partial charge in [-0.2, -0.15) is 0 Å². The van der Waals surface area contributed by atoms with Crippen LogP contribution < -0.4 is 10.2 Å². The third kappa shape index (κ3) is 4.62. The van der Waals surface area contributed by atoms with Crippen LogP contribution in [0.25, 0.3) is 0 Å². The average Bonchev–Trinajstić information content (AvgIpc) is 3.20. The van der Waals surface area contributed by atoms with Crippen molar-refractivity contribution >= 4 is 57.9 Å². The summed E-state index contributed by atoms with van der Waals surface area (Å²) in [4.78, 5) is 29.9. The van der Waals surface area contributed by atoms with E-state index >= 15 is 0 Å². The summed E-state index contributed by atoms with van der Waals surface area (Å²) in [6.45, 7) is 0. The van der Waals surface area contributed by atoms with Gasteiger partial charge < -0.3 is 10.3 Å². The first-order valence-corrected chi connectivity index (χ1v) is 12.7. The average molecular weight is 513 g/mol. The van der Waals surface area contributed by atoms with Crippen molar-refractivity contribution < 1.29 is 4.79 Å². The molecule has 1 aliphatic heterocycles. The zero-order valence-electron chi connectivity index (χ0n) is 17.1. The van der Waals surface area contributed by atoms with Crippen LogP contribution in [0.3, 0.4) is 0 Å². The Balaban J connectivity index is 1.64. The topological polar surface area (TPSA) is 62.0 Å². The number of amides is 1. The Hall–Kier alpha value is -2.51. The maximum atomic E-state index is 13.8. The molecule has 3 atom stereocenters. The summed E-state index contributed by atoms with van der Waals surface area (Å²) < 4.78 is 0. The second-order valence-corrected chi connectivity index (χ2v) is 10.7. The van der Waals surface area contributed by atoms with Gasteiger partial charge in [0.1, 0.15) is 0 Å². The lowest BCUT2D eigenvalue weighted by molar-refractivity contribution is -0.120. The van der Waals surface area contributed by atoms with Crippen LogP contribution in [0.1, 0.15) is 27.2 Å². The minimum Gasteiger partial charge on any atom is -0.326 e. The Kier molecular flexibility index (Phi) is 6.34. The molecule has 2 N–H and O–H groups in total. The van der Waals surface area contributed by atoms with Crippen molar-refractivity contribution in [2.75, 3.05) is 5.32 Å². The molecule has 0 radical (unpaired) electrons. The number of nitrogens with one attached hydrogen (secondary N) is 2. The first-order chi connectivity index (χ1) is 16.0. The lowest BCUT2D eigenvalue weighted by Gasteiger charge is -2.36. The van der Waals surface area contributed by atoms with Gasteiger partial charge in [-0.15, -0.1) is 0 Å². The fraction of sp³-hybridized carbons (Fsp3) is 0.120. The molecule has 33 heavy (non-hydrogen) atoms. The highest BCUT2D eigenvalue weighted by Gasteiger charge is 2.45. The molecule has 166 valence electrons. The minimum atomic E-state index is -0.465. The highest BCUT2D eigenvalue weighted by Crippen LogP contribution is 2.55. The lowest BCUT2D eigenvalue weighted by Crippen LogP contribution is -2.34. The minimum absolute atomic E-state index is 0.120. The third-order valence-corrected chi connectivity index (χ3v) is 8.60. The number of hydrogen-bond donors (Lipinski definition) is 2. The number of thioether (sulfide) groups is 1. The van der Waals surface area contributed by atoms with Gasteiger partial charge in [-0.25, -0.2) is 0 Å². The van der Waals surface area contributed by atoms with E-state index in [1.54, 1.807) is 24.3 Å². The number of thiazole rings is 1. The summed E-state index contributed by atoms with van der Waals surface area (Å²) in [5.41, 5.74) is 2.63. The predicted octanol–water partition coefficient (Wildman–Crippen LogP) is 6.98. The summed E-state index contributed by atoms with van der Waals surface area (Å²) in [7, 11) is 0. The van der Waals surface area contributed by atoms with Crippen molar-refractivity contribution in [3.63, 3.8) is 0 Å².